The second kappa shape index (κ2) is 7.62. The molecule has 6 heteroatoms. The molecule has 1 atom stereocenters. The quantitative estimate of drug-likeness (QED) is 0.589. The van der Waals surface area contributed by atoms with Gasteiger partial charge < -0.3 is 11.1 Å². The Kier molecular flexibility index (Phi) is 7.33. The second-order valence-electron chi connectivity index (χ2n) is 4.10. The zero-order chi connectivity index (χ0) is 12.6. The van der Waals surface area contributed by atoms with Gasteiger partial charge in [-0.15, -0.1) is 0 Å². The standard InChI is InChI=1S/C10H22N2O3S/c1-3-4-5-12-10(13)8-16(14,15)7-9(2)6-11/h9H,3-8,11H2,1-2H3,(H,12,13). The average molecular weight is 250 g/mol. The van der Waals surface area contributed by atoms with Crippen molar-refractivity contribution >= 4 is 15.7 Å². The largest absolute Gasteiger partial charge is 0.355 e. The normalized spacial score (nSPS) is 13.4. The molecule has 0 saturated carbocycles. The molecular formula is C10H22N2O3S. The lowest BCUT2D eigenvalue weighted by Crippen LogP contribution is -2.33. The molecule has 0 aromatic heterocycles. The summed E-state index contributed by atoms with van der Waals surface area (Å²) in [5.74, 6) is -0.975. The van der Waals surface area contributed by atoms with E-state index in [-0.39, 0.29) is 11.7 Å². The van der Waals surface area contributed by atoms with Crippen molar-refractivity contribution in [3.05, 3.63) is 0 Å². The third-order valence-electron chi connectivity index (χ3n) is 2.14. The SMILES string of the molecule is CCCCNC(=O)CS(=O)(=O)CC(C)CN. The van der Waals surface area contributed by atoms with Crippen molar-refractivity contribution in [1.29, 1.82) is 0 Å². The number of hydrogen-bond donors (Lipinski definition) is 2. The van der Waals surface area contributed by atoms with E-state index < -0.39 is 21.5 Å². The molecular weight excluding hydrogens is 228 g/mol. The van der Waals surface area contributed by atoms with Gasteiger partial charge in [0.2, 0.25) is 5.91 Å². The van der Waals surface area contributed by atoms with Crippen molar-refractivity contribution in [2.24, 2.45) is 11.7 Å². The minimum Gasteiger partial charge on any atom is -0.355 e. The van der Waals surface area contributed by atoms with Gasteiger partial charge in [0.15, 0.2) is 9.84 Å². The number of sulfone groups is 1. The van der Waals surface area contributed by atoms with E-state index in [1.165, 1.54) is 0 Å². The molecule has 0 heterocycles. The molecule has 0 aliphatic heterocycles. The van der Waals surface area contributed by atoms with Crippen LogP contribution in [0.25, 0.3) is 0 Å². The highest BCUT2D eigenvalue weighted by Crippen LogP contribution is 2.00. The lowest BCUT2D eigenvalue weighted by Gasteiger charge is -2.09. The summed E-state index contributed by atoms with van der Waals surface area (Å²) in [5.41, 5.74) is 5.34. The van der Waals surface area contributed by atoms with E-state index in [0.29, 0.717) is 13.1 Å². The number of rotatable bonds is 8. The summed E-state index contributed by atoms with van der Waals surface area (Å²) in [7, 11) is -3.32. The third-order valence-corrected chi connectivity index (χ3v) is 3.92. The molecule has 0 fully saturated rings. The minimum absolute atomic E-state index is 0.0231. The van der Waals surface area contributed by atoms with Crippen LogP contribution in [0.2, 0.25) is 0 Å². The topological polar surface area (TPSA) is 89.3 Å². The predicted molar refractivity (Wildman–Crippen MR) is 64.8 cm³/mol. The van der Waals surface area contributed by atoms with Gasteiger partial charge in [-0.2, -0.15) is 0 Å². The smallest absolute Gasteiger partial charge is 0.235 e. The van der Waals surface area contributed by atoms with Crippen LogP contribution in [0, 0.1) is 5.92 Å². The maximum atomic E-state index is 11.5. The first kappa shape index (κ1) is 15.4. The van der Waals surface area contributed by atoms with E-state index in [0.717, 1.165) is 12.8 Å². The van der Waals surface area contributed by atoms with Gasteiger partial charge in [-0.3, -0.25) is 4.79 Å². The third kappa shape index (κ3) is 7.64. The zero-order valence-electron chi connectivity index (χ0n) is 10.0. The fourth-order valence-electron chi connectivity index (χ4n) is 1.22. The van der Waals surface area contributed by atoms with E-state index in [4.69, 9.17) is 5.73 Å². The first-order valence-electron chi connectivity index (χ1n) is 5.58. The van der Waals surface area contributed by atoms with E-state index in [1.54, 1.807) is 6.92 Å². The summed E-state index contributed by atoms with van der Waals surface area (Å²) < 4.78 is 23.1. The van der Waals surface area contributed by atoms with Gasteiger partial charge in [0.05, 0.1) is 5.75 Å². The van der Waals surface area contributed by atoms with Gasteiger partial charge in [0.25, 0.3) is 0 Å². The Morgan fingerprint density at radius 3 is 2.56 bits per heavy atom. The molecule has 16 heavy (non-hydrogen) atoms. The fourth-order valence-corrected chi connectivity index (χ4v) is 2.84. The van der Waals surface area contributed by atoms with Crippen LogP contribution < -0.4 is 11.1 Å². The molecule has 1 unspecified atom stereocenters. The Hall–Kier alpha value is -0.620. The summed E-state index contributed by atoms with van der Waals surface area (Å²) in [5, 5.41) is 2.58. The van der Waals surface area contributed by atoms with Crippen molar-refractivity contribution < 1.29 is 13.2 Å². The molecule has 1 amide bonds. The summed E-state index contributed by atoms with van der Waals surface area (Å²) in [4.78, 5) is 11.3. The number of unbranched alkanes of at least 4 members (excludes halogenated alkanes) is 1. The van der Waals surface area contributed by atoms with Crippen molar-refractivity contribution in [1.82, 2.24) is 5.32 Å². The van der Waals surface area contributed by atoms with Crippen LogP contribution in [0.4, 0.5) is 0 Å². The average Bonchev–Trinajstić information content (AvgIpc) is 2.16. The summed E-state index contributed by atoms with van der Waals surface area (Å²) in [6.45, 7) is 4.62. The predicted octanol–water partition coefficient (Wildman–Crippen LogP) is -0.0877. The Labute approximate surface area is 97.7 Å². The number of hydrogen-bond acceptors (Lipinski definition) is 4. The first-order valence-corrected chi connectivity index (χ1v) is 7.40. The van der Waals surface area contributed by atoms with Crippen molar-refractivity contribution in [3.8, 4) is 0 Å². The fraction of sp³-hybridized carbons (Fsp3) is 0.900. The minimum atomic E-state index is -3.32. The Morgan fingerprint density at radius 2 is 2.06 bits per heavy atom. The van der Waals surface area contributed by atoms with Crippen molar-refractivity contribution in [2.75, 3.05) is 24.6 Å². The number of nitrogens with two attached hydrogens (primary N) is 1. The number of carbonyl (C=O) groups is 1. The van der Waals surface area contributed by atoms with E-state index in [1.807, 2.05) is 6.92 Å². The molecule has 0 bridgehead atoms. The van der Waals surface area contributed by atoms with E-state index in [9.17, 15) is 13.2 Å². The van der Waals surface area contributed by atoms with Crippen LogP contribution in [0.5, 0.6) is 0 Å². The molecule has 0 aromatic carbocycles. The van der Waals surface area contributed by atoms with Crippen LogP contribution in [0.3, 0.4) is 0 Å². The zero-order valence-corrected chi connectivity index (χ0v) is 10.8. The van der Waals surface area contributed by atoms with Crippen LogP contribution >= 0.6 is 0 Å². The summed E-state index contributed by atoms with van der Waals surface area (Å²) >= 11 is 0. The van der Waals surface area contributed by atoms with Gasteiger partial charge in [-0.05, 0) is 18.9 Å². The molecule has 0 rings (SSSR count). The van der Waals surface area contributed by atoms with Crippen LogP contribution in [0.15, 0.2) is 0 Å². The molecule has 0 radical (unpaired) electrons. The maximum Gasteiger partial charge on any atom is 0.235 e. The number of amides is 1. The highest BCUT2D eigenvalue weighted by atomic mass is 32.2. The van der Waals surface area contributed by atoms with Crippen LogP contribution in [-0.4, -0.2) is 38.9 Å². The lowest BCUT2D eigenvalue weighted by atomic mass is 10.2. The molecule has 0 spiro atoms. The van der Waals surface area contributed by atoms with E-state index in [2.05, 4.69) is 5.32 Å². The van der Waals surface area contributed by atoms with Gasteiger partial charge in [-0.1, -0.05) is 20.3 Å². The summed E-state index contributed by atoms with van der Waals surface area (Å²) in [6.07, 6.45) is 1.84. The Balaban J connectivity index is 4.01. The van der Waals surface area contributed by atoms with Crippen LogP contribution in [0.1, 0.15) is 26.7 Å². The van der Waals surface area contributed by atoms with E-state index >= 15 is 0 Å². The van der Waals surface area contributed by atoms with Gasteiger partial charge in [-0.25, -0.2) is 8.42 Å². The molecule has 0 aromatic rings. The van der Waals surface area contributed by atoms with Crippen LogP contribution in [-0.2, 0) is 14.6 Å². The highest BCUT2D eigenvalue weighted by molar-refractivity contribution is 7.92. The maximum absolute atomic E-state index is 11.5. The molecule has 3 N–H and O–H groups in total. The Morgan fingerprint density at radius 1 is 1.44 bits per heavy atom. The van der Waals surface area contributed by atoms with Gasteiger partial charge >= 0.3 is 0 Å². The monoisotopic (exact) mass is 250 g/mol. The second-order valence-corrected chi connectivity index (χ2v) is 6.21. The molecule has 0 aliphatic rings. The number of nitrogens with one attached hydrogen (secondary N) is 1. The number of carbonyl (C=O) groups excluding carboxylic acids is 1. The van der Waals surface area contributed by atoms with Gasteiger partial charge in [0.1, 0.15) is 5.75 Å². The molecule has 5 nitrogen and oxygen atoms in total. The highest BCUT2D eigenvalue weighted by Gasteiger charge is 2.18. The summed E-state index contributed by atoms with van der Waals surface area (Å²) in [6, 6.07) is 0. The molecule has 0 saturated heterocycles. The first-order chi connectivity index (χ1) is 7.41. The van der Waals surface area contributed by atoms with Gasteiger partial charge in [0, 0.05) is 6.54 Å². The molecule has 0 aliphatic carbocycles. The van der Waals surface area contributed by atoms with Crippen molar-refractivity contribution in [3.63, 3.8) is 0 Å². The van der Waals surface area contributed by atoms with Crippen molar-refractivity contribution in [2.45, 2.75) is 26.7 Å². The lowest BCUT2D eigenvalue weighted by molar-refractivity contribution is -0.118. The Bertz CT molecular complexity index is 301. The molecule has 96 valence electrons.